The minimum Gasteiger partial charge on any atom is -0.0955 e. The largest absolute Gasteiger partial charge is 0.0955 e. The predicted molar refractivity (Wildman–Crippen MR) is 45.8 cm³/mol. The van der Waals surface area contributed by atoms with Gasteiger partial charge in [-0.25, -0.2) is 0 Å². The van der Waals surface area contributed by atoms with Gasteiger partial charge in [-0.1, -0.05) is 30.9 Å². The fraction of sp³-hybridized carbons (Fsp3) is 0.200. The quantitative estimate of drug-likeness (QED) is 0.514. The highest BCUT2D eigenvalue weighted by Gasteiger charge is 2.08. The predicted octanol–water partition coefficient (Wildman–Crippen LogP) is 3.01. The van der Waals surface area contributed by atoms with E-state index in [0.29, 0.717) is 0 Å². The molecule has 0 aromatic carbocycles. The van der Waals surface area contributed by atoms with E-state index in [4.69, 9.17) is 0 Å². The van der Waals surface area contributed by atoms with Crippen LogP contribution in [0.2, 0.25) is 0 Å². The van der Waals surface area contributed by atoms with Gasteiger partial charge in [0.05, 0.1) is 0 Å². The highest BCUT2D eigenvalue weighted by atomic mass is 14.1. The second kappa shape index (κ2) is 2.30. The van der Waals surface area contributed by atoms with Gasteiger partial charge in [-0.3, -0.25) is 0 Å². The van der Waals surface area contributed by atoms with Crippen molar-refractivity contribution in [2.45, 2.75) is 13.8 Å². The molecular formula is C10H12. The zero-order valence-electron chi connectivity index (χ0n) is 6.57. The summed E-state index contributed by atoms with van der Waals surface area (Å²) in [6.07, 6.45) is 4.10. The molecule has 0 N–H and O–H groups in total. The van der Waals surface area contributed by atoms with E-state index in [1.54, 1.807) is 0 Å². The second-order valence-electron chi connectivity index (χ2n) is 2.70. The van der Waals surface area contributed by atoms with Crippen molar-refractivity contribution in [3.8, 4) is 0 Å². The first-order valence-electron chi connectivity index (χ1n) is 3.37. The molecular weight excluding hydrogens is 120 g/mol. The highest BCUT2D eigenvalue weighted by molar-refractivity contribution is 5.59. The summed E-state index contributed by atoms with van der Waals surface area (Å²) in [5.41, 5.74) is 4.69. The van der Waals surface area contributed by atoms with Gasteiger partial charge in [0.25, 0.3) is 0 Å². The molecule has 0 unspecified atom stereocenters. The molecule has 1 rings (SSSR count). The average Bonchev–Trinajstić information content (AvgIpc) is 2.11. The molecule has 0 aromatic rings. The van der Waals surface area contributed by atoms with Crippen LogP contribution in [-0.4, -0.2) is 0 Å². The average molecular weight is 132 g/mol. The van der Waals surface area contributed by atoms with Gasteiger partial charge >= 0.3 is 0 Å². The third-order valence-corrected chi connectivity index (χ3v) is 1.68. The van der Waals surface area contributed by atoms with Gasteiger partial charge in [0.2, 0.25) is 0 Å². The third-order valence-electron chi connectivity index (χ3n) is 1.68. The Hall–Kier alpha value is -1.04. The molecule has 0 amide bonds. The number of rotatable bonds is 1. The van der Waals surface area contributed by atoms with Crippen LogP contribution in [0.15, 0.2) is 47.6 Å². The Labute approximate surface area is 62.3 Å². The lowest BCUT2D eigenvalue weighted by Crippen LogP contribution is -1.83. The van der Waals surface area contributed by atoms with Crippen molar-refractivity contribution in [1.82, 2.24) is 0 Å². The van der Waals surface area contributed by atoms with Crippen LogP contribution in [0.25, 0.3) is 0 Å². The van der Waals surface area contributed by atoms with Crippen LogP contribution in [0.5, 0.6) is 0 Å². The van der Waals surface area contributed by atoms with Gasteiger partial charge in [0.1, 0.15) is 0 Å². The molecule has 1 aliphatic carbocycles. The number of allylic oxidation sites excluding steroid dienone is 6. The van der Waals surface area contributed by atoms with Crippen molar-refractivity contribution >= 4 is 0 Å². The van der Waals surface area contributed by atoms with Crippen molar-refractivity contribution in [3.05, 3.63) is 47.6 Å². The van der Waals surface area contributed by atoms with Gasteiger partial charge in [-0.2, -0.15) is 0 Å². The van der Waals surface area contributed by atoms with E-state index in [-0.39, 0.29) is 0 Å². The Bertz CT molecular complexity index is 249. The summed E-state index contributed by atoms with van der Waals surface area (Å²) >= 11 is 0. The van der Waals surface area contributed by atoms with Crippen LogP contribution in [0.1, 0.15) is 13.8 Å². The van der Waals surface area contributed by atoms with Gasteiger partial charge in [0.15, 0.2) is 0 Å². The standard InChI is InChI=1S/C10H12/c1-7(2)10-8(3)5-6-9(10)4/h5-6H,1,3H2,2,4H3. The van der Waals surface area contributed by atoms with E-state index < -0.39 is 0 Å². The van der Waals surface area contributed by atoms with Gasteiger partial charge < -0.3 is 0 Å². The molecule has 52 valence electrons. The Morgan fingerprint density at radius 2 is 2.00 bits per heavy atom. The molecule has 10 heavy (non-hydrogen) atoms. The summed E-state index contributed by atoms with van der Waals surface area (Å²) in [6, 6.07) is 0. The highest BCUT2D eigenvalue weighted by Crippen LogP contribution is 2.27. The lowest BCUT2D eigenvalue weighted by Gasteiger charge is -2.02. The maximum Gasteiger partial charge on any atom is -0.0137 e. The molecule has 0 heterocycles. The summed E-state index contributed by atoms with van der Waals surface area (Å²) in [5.74, 6) is 0. The summed E-state index contributed by atoms with van der Waals surface area (Å²) in [4.78, 5) is 0. The molecule has 1 aliphatic rings. The fourth-order valence-electron chi connectivity index (χ4n) is 1.26. The minimum absolute atomic E-state index is 1.09. The topological polar surface area (TPSA) is 0 Å². The van der Waals surface area contributed by atoms with Crippen molar-refractivity contribution < 1.29 is 0 Å². The molecule has 0 aromatic heterocycles. The van der Waals surface area contributed by atoms with E-state index in [1.807, 2.05) is 13.0 Å². The maximum atomic E-state index is 3.90. The van der Waals surface area contributed by atoms with Crippen molar-refractivity contribution in [2.75, 3.05) is 0 Å². The molecule has 0 nitrogen and oxygen atoms in total. The van der Waals surface area contributed by atoms with E-state index in [9.17, 15) is 0 Å². The summed E-state index contributed by atoms with van der Waals surface area (Å²) in [6.45, 7) is 11.9. The van der Waals surface area contributed by atoms with Gasteiger partial charge in [-0.15, -0.1) is 0 Å². The lowest BCUT2D eigenvalue weighted by atomic mass is 10.0. The van der Waals surface area contributed by atoms with E-state index in [0.717, 1.165) is 11.1 Å². The van der Waals surface area contributed by atoms with Crippen molar-refractivity contribution in [3.63, 3.8) is 0 Å². The second-order valence-corrected chi connectivity index (χ2v) is 2.70. The molecule has 0 spiro atoms. The number of hydrogen-bond acceptors (Lipinski definition) is 0. The molecule has 0 saturated heterocycles. The van der Waals surface area contributed by atoms with Crippen LogP contribution in [0.3, 0.4) is 0 Å². The molecule has 0 aliphatic heterocycles. The molecule has 0 bridgehead atoms. The SMILES string of the molecule is C=C(C)C1=C(C)C=CC1=C. The van der Waals surface area contributed by atoms with Crippen LogP contribution in [0.4, 0.5) is 0 Å². The Kier molecular flexibility index (Phi) is 1.62. The summed E-state index contributed by atoms with van der Waals surface area (Å²) in [5, 5.41) is 0. The normalized spacial score (nSPS) is 16.8. The molecule has 0 heteroatoms. The van der Waals surface area contributed by atoms with Crippen LogP contribution in [-0.2, 0) is 0 Å². The van der Waals surface area contributed by atoms with E-state index >= 15 is 0 Å². The fourth-order valence-corrected chi connectivity index (χ4v) is 1.26. The molecule has 0 saturated carbocycles. The van der Waals surface area contributed by atoms with E-state index in [2.05, 4.69) is 26.2 Å². The third kappa shape index (κ3) is 0.971. The van der Waals surface area contributed by atoms with Crippen LogP contribution >= 0.6 is 0 Å². The van der Waals surface area contributed by atoms with Gasteiger partial charge in [0, 0.05) is 0 Å². The molecule has 0 radical (unpaired) electrons. The van der Waals surface area contributed by atoms with Crippen LogP contribution < -0.4 is 0 Å². The zero-order valence-corrected chi connectivity index (χ0v) is 6.57. The number of hydrogen-bond donors (Lipinski definition) is 0. The van der Waals surface area contributed by atoms with Crippen LogP contribution in [0, 0.1) is 0 Å². The first-order valence-corrected chi connectivity index (χ1v) is 3.37. The molecule has 0 fully saturated rings. The molecule has 0 atom stereocenters. The van der Waals surface area contributed by atoms with Gasteiger partial charge in [-0.05, 0) is 30.6 Å². The Balaban J connectivity index is 3.08. The first-order chi connectivity index (χ1) is 4.63. The van der Waals surface area contributed by atoms with Crippen molar-refractivity contribution in [1.29, 1.82) is 0 Å². The maximum absolute atomic E-state index is 3.90. The smallest absolute Gasteiger partial charge is 0.0137 e. The monoisotopic (exact) mass is 132 g/mol. The van der Waals surface area contributed by atoms with Crippen molar-refractivity contribution in [2.24, 2.45) is 0 Å². The Morgan fingerprint density at radius 1 is 1.40 bits per heavy atom. The van der Waals surface area contributed by atoms with E-state index in [1.165, 1.54) is 11.1 Å². The lowest BCUT2D eigenvalue weighted by molar-refractivity contribution is 1.37. The Morgan fingerprint density at radius 3 is 2.20 bits per heavy atom. The first kappa shape index (κ1) is 7.07. The summed E-state index contributed by atoms with van der Waals surface area (Å²) in [7, 11) is 0. The summed E-state index contributed by atoms with van der Waals surface area (Å²) < 4.78 is 0. The zero-order chi connectivity index (χ0) is 7.72. The minimum atomic E-state index is 1.09.